The van der Waals surface area contributed by atoms with Crippen LogP contribution in [0, 0.1) is 5.92 Å². The van der Waals surface area contributed by atoms with Crippen molar-refractivity contribution in [3.8, 4) is 0 Å². The van der Waals surface area contributed by atoms with E-state index >= 15 is 0 Å². The molecule has 0 aromatic heterocycles. The van der Waals surface area contributed by atoms with Crippen LogP contribution in [-0.4, -0.2) is 18.3 Å². The molecule has 2 heteroatoms. The highest BCUT2D eigenvalue weighted by Crippen LogP contribution is 2.41. The number of fused-ring (bicyclic) bond motifs is 1. The highest BCUT2D eigenvalue weighted by Gasteiger charge is 2.29. The van der Waals surface area contributed by atoms with Gasteiger partial charge in [0, 0.05) is 16.2 Å². The average Bonchev–Trinajstić information content (AvgIpc) is 2.81. The number of hydrogen-bond acceptors (Lipinski definition) is 2. The molecule has 1 aliphatic heterocycles. The van der Waals surface area contributed by atoms with Gasteiger partial charge < -0.3 is 5.32 Å². The second-order valence-electron chi connectivity index (χ2n) is 5.73. The molecule has 1 heterocycles. The van der Waals surface area contributed by atoms with Crippen LogP contribution in [-0.2, 0) is 6.42 Å². The smallest absolute Gasteiger partial charge is 0.0138 e. The van der Waals surface area contributed by atoms with E-state index in [4.69, 9.17) is 0 Å². The molecule has 3 rings (SSSR count). The molecule has 3 unspecified atom stereocenters. The average molecular weight is 261 g/mol. The first-order valence-electron chi connectivity index (χ1n) is 7.28. The standard InChI is InChI=1S/C16H23NS/c1-17-15-8-4-2-6-12(15)10-14-11-13-7-3-5-9-16(13)18-14/h3,5,7,9,12,14-15,17H,2,4,6,8,10-11H2,1H3. The summed E-state index contributed by atoms with van der Waals surface area (Å²) in [5.74, 6) is 0.899. The van der Waals surface area contributed by atoms with Gasteiger partial charge in [0.05, 0.1) is 0 Å². The van der Waals surface area contributed by atoms with Gasteiger partial charge in [-0.05, 0) is 50.3 Å². The lowest BCUT2D eigenvalue weighted by atomic mass is 9.81. The van der Waals surface area contributed by atoms with E-state index in [1.807, 2.05) is 0 Å². The summed E-state index contributed by atoms with van der Waals surface area (Å²) in [5, 5.41) is 4.36. The first-order valence-corrected chi connectivity index (χ1v) is 8.16. The fourth-order valence-corrected chi connectivity index (χ4v) is 5.02. The maximum absolute atomic E-state index is 3.54. The van der Waals surface area contributed by atoms with Crippen LogP contribution in [0.5, 0.6) is 0 Å². The highest BCUT2D eigenvalue weighted by molar-refractivity contribution is 8.00. The van der Waals surface area contributed by atoms with Crippen molar-refractivity contribution < 1.29 is 0 Å². The normalized spacial score (nSPS) is 31.3. The van der Waals surface area contributed by atoms with E-state index in [9.17, 15) is 0 Å². The van der Waals surface area contributed by atoms with Crippen LogP contribution >= 0.6 is 11.8 Å². The van der Waals surface area contributed by atoms with Gasteiger partial charge in [0.1, 0.15) is 0 Å². The van der Waals surface area contributed by atoms with E-state index < -0.39 is 0 Å². The first kappa shape index (κ1) is 12.6. The topological polar surface area (TPSA) is 12.0 Å². The van der Waals surface area contributed by atoms with Crippen LogP contribution in [0.1, 0.15) is 37.7 Å². The third-order valence-electron chi connectivity index (χ3n) is 4.56. The number of rotatable bonds is 3. The zero-order valence-electron chi connectivity index (χ0n) is 11.2. The number of benzene rings is 1. The molecule has 0 amide bonds. The SMILES string of the molecule is CNC1CCCCC1CC1Cc2ccccc2S1. The summed E-state index contributed by atoms with van der Waals surface area (Å²) in [5.41, 5.74) is 1.57. The molecule has 3 atom stereocenters. The van der Waals surface area contributed by atoms with Crippen LogP contribution in [0.15, 0.2) is 29.2 Å². The number of thioether (sulfide) groups is 1. The Labute approximate surface area is 115 Å². The minimum absolute atomic E-state index is 0.767. The number of hydrogen-bond donors (Lipinski definition) is 1. The largest absolute Gasteiger partial charge is 0.317 e. The molecule has 0 bridgehead atoms. The minimum atomic E-state index is 0.767. The fraction of sp³-hybridized carbons (Fsp3) is 0.625. The minimum Gasteiger partial charge on any atom is -0.317 e. The Morgan fingerprint density at radius 2 is 2.06 bits per heavy atom. The van der Waals surface area contributed by atoms with Crippen LogP contribution in [0.25, 0.3) is 0 Å². The Kier molecular flexibility index (Phi) is 3.95. The predicted molar refractivity (Wildman–Crippen MR) is 79.2 cm³/mol. The van der Waals surface area contributed by atoms with Gasteiger partial charge in [-0.2, -0.15) is 0 Å². The summed E-state index contributed by atoms with van der Waals surface area (Å²) in [6.07, 6.45) is 8.34. The van der Waals surface area contributed by atoms with Crippen LogP contribution < -0.4 is 5.32 Å². The molecule has 2 aliphatic rings. The summed E-state index contributed by atoms with van der Waals surface area (Å²) in [6, 6.07) is 9.71. The molecule has 1 nitrogen and oxygen atoms in total. The maximum atomic E-state index is 3.54. The summed E-state index contributed by atoms with van der Waals surface area (Å²) in [6.45, 7) is 0. The van der Waals surface area contributed by atoms with Crippen molar-refractivity contribution in [1.82, 2.24) is 5.32 Å². The van der Waals surface area contributed by atoms with Crippen molar-refractivity contribution in [1.29, 1.82) is 0 Å². The van der Waals surface area contributed by atoms with Crippen molar-refractivity contribution in [2.45, 2.75) is 54.7 Å². The molecule has 0 spiro atoms. The van der Waals surface area contributed by atoms with Crippen LogP contribution in [0.2, 0.25) is 0 Å². The summed E-state index contributed by atoms with van der Waals surface area (Å²) in [4.78, 5) is 1.53. The Hall–Kier alpha value is -0.470. The Morgan fingerprint density at radius 1 is 1.22 bits per heavy atom. The monoisotopic (exact) mass is 261 g/mol. The lowest BCUT2D eigenvalue weighted by molar-refractivity contribution is 0.259. The quantitative estimate of drug-likeness (QED) is 0.886. The Balaban J connectivity index is 1.61. The second-order valence-corrected chi connectivity index (χ2v) is 7.07. The summed E-state index contributed by atoms with van der Waals surface area (Å²) >= 11 is 2.11. The summed E-state index contributed by atoms with van der Waals surface area (Å²) in [7, 11) is 2.14. The van der Waals surface area contributed by atoms with E-state index in [1.54, 1.807) is 5.56 Å². The zero-order chi connectivity index (χ0) is 12.4. The lowest BCUT2D eigenvalue weighted by Crippen LogP contribution is -2.37. The molecule has 0 radical (unpaired) electrons. The van der Waals surface area contributed by atoms with E-state index in [0.717, 1.165) is 17.2 Å². The summed E-state index contributed by atoms with van der Waals surface area (Å²) < 4.78 is 0. The molecule has 1 aromatic rings. The van der Waals surface area contributed by atoms with Crippen molar-refractivity contribution in [2.75, 3.05) is 7.05 Å². The lowest BCUT2D eigenvalue weighted by Gasteiger charge is -2.32. The number of nitrogens with one attached hydrogen (secondary N) is 1. The van der Waals surface area contributed by atoms with Gasteiger partial charge in [0.15, 0.2) is 0 Å². The van der Waals surface area contributed by atoms with Gasteiger partial charge in [-0.25, -0.2) is 0 Å². The molecule has 1 saturated carbocycles. The van der Waals surface area contributed by atoms with Crippen LogP contribution in [0.3, 0.4) is 0 Å². The van der Waals surface area contributed by atoms with Gasteiger partial charge in [0.25, 0.3) is 0 Å². The molecule has 0 saturated heterocycles. The molecular formula is C16H23NS. The van der Waals surface area contributed by atoms with E-state index in [1.165, 1.54) is 43.4 Å². The molecular weight excluding hydrogens is 238 g/mol. The van der Waals surface area contributed by atoms with E-state index in [-0.39, 0.29) is 0 Å². The van der Waals surface area contributed by atoms with E-state index in [0.29, 0.717) is 0 Å². The molecule has 1 N–H and O–H groups in total. The zero-order valence-corrected chi connectivity index (χ0v) is 12.0. The fourth-order valence-electron chi connectivity index (χ4n) is 3.59. The molecule has 18 heavy (non-hydrogen) atoms. The molecule has 98 valence electrons. The Morgan fingerprint density at radius 3 is 2.89 bits per heavy atom. The van der Waals surface area contributed by atoms with Gasteiger partial charge in [-0.15, -0.1) is 11.8 Å². The van der Waals surface area contributed by atoms with Crippen molar-refractivity contribution in [3.63, 3.8) is 0 Å². The predicted octanol–water partition coefficient (Wildman–Crippen LogP) is 3.87. The van der Waals surface area contributed by atoms with Gasteiger partial charge >= 0.3 is 0 Å². The highest BCUT2D eigenvalue weighted by atomic mass is 32.2. The van der Waals surface area contributed by atoms with E-state index in [2.05, 4.69) is 48.4 Å². The van der Waals surface area contributed by atoms with Crippen LogP contribution in [0.4, 0.5) is 0 Å². The van der Waals surface area contributed by atoms with Crippen molar-refractivity contribution >= 4 is 11.8 Å². The van der Waals surface area contributed by atoms with Gasteiger partial charge in [-0.3, -0.25) is 0 Å². The third-order valence-corrected chi connectivity index (χ3v) is 5.90. The molecule has 1 fully saturated rings. The maximum Gasteiger partial charge on any atom is 0.0138 e. The first-order chi connectivity index (χ1) is 8.86. The van der Waals surface area contributed by atoms with Crippen molar-refractivity contribution in [3.05, 3.63) is 29.8 Å². The second kappa shape index (κ2) is 5.66. The van der Waals surface area contributed by atoms with Crippen molar-refractivity contribution in [2.24, 2.45) is 5.92 Å². The van der Waals surface area contributed by atoms with Gasteiger partial charge in [0.2, 0.25) is 0 Å². The van der Waals surface area contributed by atoms with Gasteiger partial charge in [-0.1, -0.05) is 31.0 Å². The third kappa shape index (κ3) is 2.60. The molecule has 1 aromatic carbocycles. The Bertz CT molecular complexity index is 379. The molecule has 1 aliphatic carbocycles.